The lowest BCUT2D eigenvalue weighted by atomic mass is 10.2. The van der Waals surface area contributed by atoms with Crippen LogP contribution in [0.4, 0.5) is 14.9 Å². The summed E-state index contributed by atoms with van der Waals surface area (Å²) in [5.41, 5.74) is 1.00. The molecule has 2 N–H and O–H groups in total. The van der Waals surface area contributed by atoms with E-state index < -0.39 is 0 Å². The highest BCUT2D eigenvalue weighted by Crippen LogP contribution is 2.13. The van der Waals surface area contributed by atoms with Gasteiger partial charge in [-0.05, 0) is 36.1 Å². The number of urea groups is 1. The lowest BCUT2D eigenvalue weighted by Crippen LogP contribution is -2.27. The second-order valence-electron chi connectivity index (χ2n) is 3.85. The summed E-state index contributed by atoms with van der Waals surface area (Å²) in [6.07, 6.45) is 0. The molecule has 0 fully saturated rings. The van der Waals surface area contributed by atoms with Crippen LogP contribution in [0, 0.1) is 12.7 Å². The lowest BCUT2D eigenvalue weighted by molar-refractivity contribution is 0.252. The van der Waals surface area contributed by atoms with E-state index in [1.165, 1.54) is 6.07 Å². The molecule has 0 saturated heterocycles. The zero-order chi connectivity index (χ0) is 13.0. The Morgan fingerprint density at radius 2 is 2.22 bits per heavy atom. The van der Waals surface area contributed by atoms with Crippen LogP contribution in [0.3, 0.4) is 0 Å². The average Bonchev–Trinajstić information content (AvgIpc) is 2.84. The molecule has 18 heavy (non-hydrogen) atoms. The highest BCUT2D eigenvalue weighted by Gasteiger charge is 2.04. The van der Waals surface area contributed by atoms with E-state index in [-0.39, 0.29) is 11.8 Å². The van der Waals surface area contributed by atoms with E-state index in [1.807, 2.05) is 17.5 Å². The molecule has 2 aromatic rings. The number of aryl methyl sites for hydroxylation is 1. The minimum atomic E-state index is -0.341. The third kappa shape index (κ3) is 3.30. The topological polar surface area (TPSA) is 41.1 Å². The fraction of sp³-hybridized carbons (Fsp3) is 0.154. The van der Waals surface area contributed by atoms with Gasteiger partial charge in [-0.3, -0.25) is 0 Å². The van der Waals surface area contributed by atoms with Gasteiger partial charge in [-0.15, -0.1) is 11.3 Å². The van der Waals surface area contributed by atoms with Crippen molar-refractivity contribution < 1.29 is 9.18 Å². The quantitative estimate of drug-likeness (QED) is 0.875. The van der Waals surface area contributed by atoms with Crippen molar-refractivity contribution in [3.63, 3.8) is 0 Å². The number of carbonyl (C=O) groups excluding carboxylic acids is 1. The Balaban J connectivity index is 1.88. The van der Waals surface area contributed by atoms with Crippen molar-refractivity contribution in [1.29, 1.82) is 0 Å². The molecule has 0 spiro atoms. The minimum absolute atomic E-state index is 0.328. The average molecular weight is 264 g/mol. The normalized spacial score (nSPS) is 10.1. The summed E-state index contributed by atoms with van der Waals surface area (Å²) < 4.78 is 13.3. The molecule has 5 heteroatoms. The van der Waals surface area contributed by atoms with Crippen molar-refractivity contribution in [3.05, 3.63) is 52.0 Å². The number of nitrogens with one attached hydrogen (secondary N) is 2. The van der Waals surface area contributed by atoms with Crippen LogP contribution in [0.15, 0.2) is 35.7 Å². The third-order valence-electron chi connectivity index (χ3n) is 2.43. The first-order chi connectivity index (χ1) is 8.65. The van der Waals surface area contributed by atoms with Crippen LogP contribution < -0.4 is 10.6 Å². The SMILES string of the molecule is Cc1ccc(NC(=O)NCc2cccs2)cc1F. The molecular weight excluding hydrogens is 251 g/mol. The van der Waals surface area contributed by atoms with Gasteiger partial charge in [-0.2, -0.15) is 0 Å². The molecule has 0 aliphatic carbocycles. The van der Waals surface area contributed by atoms with Crippen molar-refractivity contribution in [2.24, 2.45) is 0 Å². The predicted octanol–water partition coefficient (Wildman–Crippen LogP) is 3.52. The number of amides is 2. The Hall–Kier alpha value is -1.88. The molecule has 1 aromatic carbocycles. The maximum absolute atomic E-state index is 13.3. The maximum atomic E-state index is 13.3. The van der Waals surface area contributed by atoms with Crippen LogP contribution in [0.1, 0.15) is 10.4 Å². The third-order valence-corrected chi connectivity index (χ3v) is 3.31. The van der Waals surface area contributed by atoms with Gasteiger partial charge in [0.25, 0.3) is 0 Å². The highest BCUT2D eigenvalue weighted by atomic mass is 32.1. The van der Waals surface area contributed by atoms with Gasteiger partial charge in [0.1, 0.15) is 5.82 Å². The van der Waals surface area contributed by atoms with Crippen molar-refractivity contribution in [1.82, 2.24) is 5.32 Å². The van der Waals surface area contributed by atoms with Crippen LogP contribution in [-0.2, 0) is 6.54 Å². The van der Waals surface area contributed by atoms with Crippen LogP contribution in [0.25, 0.3) is 0 Å². The van der Waals surface area contributed by atoms with Crippen molar-refractivity contribution >= 4 is 23.1 Å². The Morgan fingerprint density at radius 1 is 1.39 bits per heavy atom. The molecule has 1 heterocycles. The molecule has 0 aliphatic rings. The largest absolute Gasteiger partial charge is 0.333 e. The molecule has 0 bridgehead atoms. The van der Waals surface area contributed by atoms with E-state index in [2.05, 4.69) is 10.6 Å². The van der Waals surface area contributed by atoms with Gasteiger partial charge < -0.3 is 10.6 Å². The van der Waals surface area contributed by atoms with E-state index >= 15 is 0 Å². The Bertz CT molecular complexity index is 540. The number of carbonyl (C=O) groups is 1. The van der Waals surface area contributed by atoms with Gasteiger partial charge in [0.05, 0.1) is 6.54 Å². The first-order valence-corrected chi connectivity index (χ1v) is 6.36. The van der Waals surface area contributed by atoms with E-state index in [9.17, 15) is 9.18 Å². The van der Waals surface area contributed by atoms with Gasteiger partial charge >= 0.3 is 6.03 Å². The van der Waals surface area contributed by atoms with Gasteiger partial charge in [-0.25, -0.2) is 9.18 Å². The Kier molecular flexibility index (Phi) is 3.94. The van der Waals surface area contributed by atoms with Crippen LogP contribution >= 0.6 is 11.3 Å². The summed E-state index contributed by atoms with van der Waals surface area (Å²) in [6, 6.07) is 8.13. The molecular formula is C13H13FN2OS. The summed E-state index contributed by atoms with van der Waals surface area (Å²) in [4.78, 5) is 12.6. The van der Waals surface area contributed by atoms with E-state index in [0.29, 0.717) is 17.8 Å². The first-order valence-electron chi connectivity index (χ1n) is 5.48. The molecule has 0 saturated carbocycles. The second-order valence-corrected chi connectivity index (χ2v) is 4.88. The molecule has 2 rings (SSSR count). The van der Waals surface area contributed by atoms with E-state index in [0.717, 1.165) is 4.88 Å². The molecule has 0 unspecified atom stereocenters. The number of rotatable bonds is 3. The summed E-state index contributed by atoms with van der Waals surface area (Å²) in [6.45, 7) is 2.15. The maximum Gasteiger partial charge on any atom is 0.319 e. The zero-order valence-corrected chi connectivity index (χ0v) is 10.7. The number of anilines is 1. The lowest BCUT2D eigenvalue weighted by Gasteiger charge is -2.07. The number of hydrogen-bond acceptors (Lipinski definition) is 2. The number of benzene rings is 1. The summed E-state index contributed by atoms with van der Waals surface area (Å²) in [5, 5.41) is 7.24. The summed E-state index contributed by atoms with van der Waals surface area (Å²) in [5.74, 6) is -0.328. The van der Waals surface area contributed by atoms with Crippen LogP contribution in [0.2, 0.25) is 0 Å². The van der Waals surface area contributed by atoms with Crippen LogP contribution in [0.5, 0.6) is 0 Å². The Morgan fingerprint density at radius 3 is 2.89 bits per heavy atom. The number of hydrogen-bond donors (Lipinski definition) is 2. The monoisotopic (exact) mass is 264 g/mol. The number of halogens is 1. The predicted molar refractivity (Wildman–Crippen MR) is 71.3 cm³/mol. The second kappa shape index (κ2) is 5.64. The van der Waals surface area contributed by atoms with Gasteiger partial charge in [0.2, 0.25) is 0 Å². The molecule has 3 nitrogen and oxygen atoms in total. The van der Waals surface area contributed by atoms with Gasteiger partial charge in [-0.1, -0.05) is 12.1 Å². The first kappa shape index (κ1) is 12.6. The molecule has 0 radical (unpaired) electrons. The van der Waals surface area contributed by atoms with Gasteiger partial charge in [0.15, 0.2) is 0 Å². The van der Waals surface area contributed by atoms with Gasteiger partial charge in [0, 0.05) is 10.6 Å². The standard InChI is InChI=1S/C13H13FN2OS/c1-9-4-5-10(7-12(9)14)16-13(17)15-8-11-3-2-6-18-11/h2-7H,8H2,1H3,(H2,15,16,17). The molecule has 0 aliphatic heterocycles. The molecule has 1 aromatic heterocycles. The number of thiophene rings is 1. The van der Waals surface area contributed by atoms with E-state index in [1.54, 1.807) is 30.4 Å². The van der Waals surface area contributed by atoms with Crippen molar-refractivity contribution in [2.45, 2.75) is 13.5 Å². The smallest absolute Gasteiger partial charge is 0.319 e. The fourth-order valence-electron chi connectivity index (χ4n) is 1.43. The zero-order valence-electron chi connectivity index (χ0n) is 9.87. The van der Waals surface area contributed by atoms with E-state index in [4.69, 9.17) is 0 Å². The van der Waals surface area contributed by atoms with Crippen LogP contribution in [-0.4, -0.2) is 6.03 Å². The Labute approximate surface area is 109 Å². The summed E-state index contributed by atoms with van der Waals surface area (Å²) >= 11 is 1.57. The van der Waals surface area contributed by atoms with Crippen molar-refractivity contribution in [2.75, 3.05) is 5.32 Å². The molecule has 0 atom stereocenters. The minimum Gasteiger partial charge on any atom is -0.333 e. The highest BCUT2D eigenvalue weighted by molar-refractivity contribution is 7.09. The molecule has 2 amide bonds. The summed E-state index contributed by atoms with van der Waals surface area (Å²) in [7, 11) is 0. The molecule has 94 valence electrons. The fourth-order valence-corrected chi connectivity index (χ4v) is 2.07. The van der Waals surface area contributed by atoms with Crippen molar-refractivity contribution in [3.8, 4) is 0 Å².